The molecular weight excluding hydrogens is 316 g/mol. The average Bonchev–Trinajstić information content (AvgIpc) is 3.09. The molecule has 0 aromatic rings. The van der Waals surface area contributed by atoms with Crippen molar-refractivity contribution < 1.29 is 9.90 Å². The fourth-order valence-electron chi connectivity index (χ4n) is 3.41. The summed E-state index contributed by atoms with van der Waals surface area (Å²) in [6, 6.07) is 0. The summed E-state index contributed by atoms with van der Waals surface area (Å²) in [4.78, 5) is 16.5. The van der Waals surface area contributed by atoms with E-state index >= 15 is 0 Å². The summed E-state index contributed by atoms with van der Waals surface area (Å²) in [5.74, 6) is 1.97. The first-order valence-corrected chi connectivity index (χ1v) is 10.1. The number of carbonyl (C=O) groups excluding carboxylic acids is 1. The highest BCUT2D eigenvalue weighted by molar-refractivity contribution is 5.80. The maximum Gasteiger partial charge on any atom is 0.220 e. The Hall–Kier alpha value is -1.30. The van der Waals surface area contributed by atoms with Crippen molar-refractivity contribution >= 4 is 11.9 Å². The molecule has 25 heavy (non-hydrogen) atoms. The van der Waals surface area contributed by atoms with Crippen molar-refractivity contribution in [1.82, 2.24) is 16.0 Å². The molecule has 0 aliphatic heterocycles. The van der Waals surface area contributed by atoms with Gasteiger partial charge in [-0.15, -0.1) is 0 Å². The van der Waals surface area contributed by atoms with E-state index in [1.807, 2.05) is 6.92 Å². The zero-order chi connectivity index (χ0) is 18.3. The van der Waals surface area contributed by atoms with Crippen LogP contribution in [-0.4, -0.2) is 49.8 Å². The van der Waals surface area contributed by atoms with E-state index in [1.54, 1.807) is 0 Å². The Morgan fingerprint density at radius 2 is 1.84 bits per heavy atom. The number of carbonyl (C=O) groups is 1. The molecule has 0 radical (unpaired) electrons. The normalized spacial score (nSPS) is 16.7. The van der Waals surface area contributed by atoms with Gasteiger partial charge in [-0.05, 0) is 44.4 Å². The fraction of sp³-hybridized carbons (Fsp3) is 0.895. The average molecular weight is 355 g/mol. The van der Waals surface area contributed by atoms with Gasteiger partial charge in [-0.25, -0.2) is 0 Å². The SMILES string of the molecule is CCCC(CCO)CN=C(NCC)NCCNC(=O)CC1CCCC1. The van der Waals surface area contributed by atoms with Crippen LogP contribution in [0.1, 0.15) is 65.2 Å². The van der Waals surface area contributed by atoms with Gasteiger partial charge in [0.05, 0.1) is 0 Å². The Labute approximate surface area is 153 Å². The molecule has 6 nitrogen and oxygen atoms in total. The van der Waals surface area contributed by atoms with E-state index in [-0.39, 0.29) is 12.5 Å². The maximum atomic E-state index is 11.9. The Balaban J connectivity index is 2.26. The molecule has 0 aromatic heterocycles. The lowest BCUT2D eigenvalue weighted by atomic mass is 10.0. The Bertz CT molecular complexity index is 376. The quantitative estimate of drug-likeness (QED) is 0.245. The molecule has 1 saturated carbocycles. The van der Waals surface area contributed by atoms with E-state index in [4.69, 9.17) is 5.11 Å². The summed E-state index contributed by atoms with van der Waals surface area (Å²) in [5.41, 5.74) is 0. The van der Waals surface area contributed by atoms with Crippen LogP contribution in [0.2, 0.25) is 0 Å². The third-order valence-corrected chi connectivity index (χ3v) is 4.77. The topological polar surface area (TPSA) is 85.8 Å². The molecule has 0 saturated heterocycles. The highest BCUT2D eigenvalue weighted by atomic mass is 16.3. The van der Waals surface area contributed by atoms with Gasteiger partial charge in [0.1, 0.15) is 0 Å². The van der Waals surface area contributed by atoms with Crippen LogP contribution in [0.3, 0.4) is 0 Å². The fourth-order valence-corrected chi connectivity index (χ4v) is 3.41. The number of hydrogen-bond donors (Lipinski definition) is 4. The maximum absolute atomic E-state index is 11.9. The lowest BCUT2D eigenvalue weighted by molar-refractivity contribution is -0.121. The molecule has 1 aliphatic carbocycles. The van der Waals surface area contributed by atoms with Crippen LogP contribution in [0.5, 0.6) is 0 Å². The van der Waals surface area contributed by atoms with Crippen molar-refractivity contribution in [3.63, 3.8) is 0 Å². The van der Waals surface area contributed by atoms with Gasteiger partial charge in [-0.3, -0.25) is 9.79 Å². The van der Waals surface area contributed by atoms with E-state index in [9.17, 15) is 4.79 Å². The van der Waals surface area contributed by atoms with Crippen LogP contribution in [0.15, 0.2) is 4.99 Å². The summed E-state index contributed by atoms with van der Waals surface area (Å²) in [5, 5.41) is 18.6. The first-order valence-electron chi connectivity index (χ1n) is 10.1. The molecular formula is C19H38N4O2. The van der Waals surface area contributed by atoms with Crippen LogP contribution in [0, 0.1) is 11.8 Å². The summed E-state index contributed by atoms with van der Waals surface area (Å²) in [6.45, 7) is 7.22. The molecule has 146 valence electrons. The lowest BCUT2D eigenvalue weighted by Crippen LogP contribution is -2.42. The molecule has 0 heterocycles. The third kappa shape index (κ3) is 10.3. The Morgan fingerprint density at radius 1 is 1.12 bits per heavy atom. The Kier molecular flexibility index (Phi) is 12.1. The van der Waals surface area contributed by atoms with Gasteiger partial charge >= 0.3 is 0 Å². The van der Waals surface area contributed by atoms with Crippen molar-refractivity contribution in [1.29, 1.82) is 0 Å². The second-order valence-corrected chi connectivity index (χ2v) is 7.02. The summed E-state index contributed by atoms with van der Waals surface area (Å²) in [6.07, 6.45) is 8.62. The molecule has 6 heteroatoms. The lowest BCUT2D eigenvalue weighted by Gasteiger charge is -2.15. The summed E-state index contributed by atoms with van der Waals surface area (Å²) < 4.78 is 0. The van der Waals surface area contributed by atoms with E-state index in [0.717, 1.165) is 38.3 Å². The number of aliphatic imine (C=N–C) groups is 1. The number of rotatable bonds is 12. The number of aliphatic hydroxyl groups excluding tert-OH is 1. The number of amides is 1. The predicted molar refractivity (Wildman–Crippen MR) is 104 cm³/mol. The third-order valence-electron chi connectivity index (χ3n) is 4.77. The van der Waals surface area contributed by atoms with Crippen LogP contribution >= 0.6 is 0 Å². The molecule has 0 aromatic carbocycles. The highest BCUT2D eigenvalue weighted by Gasteiger charge is 2.17. The minimum atomic E-state index is 0.168. The number of nitrogens with one attached hydrogen (secondary N) is 3. The Morgan fingerprint density at radius 3 is 2.48 bits per heavy atom. The summed E-state index contributed by atoms with van der Waals surface area (Å²) in [7, 11) is 0. The highest BCUT2D eigenvalue weighted by Crippen LogP contribution is 2.27. The van der Waals surface area contributed by atoms with Gasteiger partial charge in [-0.2, -0.15) is 0 Å². The molecule has 1 fully saturated rings. The van der Waals surface area contributed by atoms with Crippen molar-refractivity contribution in [2.75, 3.05) is 32.8 Å². The molecule has 1 unspecified atom stereocenters. The monoisotopic (exact) mass is 354 g/mol. The van der Waals surface area contributed by atoms with E-state index < -0.39 is 0 Å². The van der Waals surface area contributed by atoms with Crippen molar-refractivity contribution in [3.8, 4) is 0 Å². The van der Waals surface area contributed by atoms with Crippen LogP contribution < -0.4 is 16.0 Å². The molecule has 1 atom stereocenters. The largest absolute Gasteiger partial charge is 0.396 e. The summed E-state index contributed by atoms with van der Waals surface area (Å²) >= 11 is 0. The van der Waals surface area contributed by atoms with Gasteiger partial charge in [0.2, 0.25) is 5.91 Å². The molecule has 1 rings (SSSR count). The van der Waals surface area contributed by atoms with Crippen molar-refractivity contribution in [2.24, 2.45) is 16.8 Å². The van der Waals surface area contributed by atoms with Gasteiger partial charge in [-0.1, -0.05) is 26.2 Å². The number of aliphatic hydroxyl groups is 1. The van der Waals surface area contributed by atoms with Crippen LogP contribution in [-0.2, 0) is 4.79 Å². The van der Waals surface area contributed by atoms with Crippen molar-refractivity contribution in [2.45, 2.75) is 65.2 Å². The number of hydrogen-bond acceptors (Lipinski definition) is 3. The number of nitrogens with zero attached hydrogens (tertiary/aromatic N) is 1. The smallest absolute Gasteiger partial charge is 0.220 e. The van der Waals surface area contributed by atoms with Crippen molar-refractivity contribution in [3.05, 3.63) is 0 Å². The first kappa shape index (κ1) is 21.7. The second-order valence-electron chi connectivity index (χ2n) is 7.02. The molecule has 4 N–H and O–H groups in total. The predicted octanol–water partition coefficient (Wildman–Crippen LogP) is 2.04. The van der Waals surface area contributed by atoms with Gasteiger partial charge in [0, 0.05) is 39.2 Å². The van der Waals surface area contributed by atoms with Gasteiger partial charge < -0.3 is 21.1 Å². The number of guanidine groups is 1. The molecule has 1 amide bonds. The van der Waals surface area contributed by atoms with E-state index in [0.29, 0.717) is 31.3 Å². The second kappa shape index (κ2) is 13.9. The zero-order valence-corrected chi connectivity index (χ0v) is 16.1. The zero-order valence-electron chi connectivity index (χ0n) is 16.1. The van der Waals surface area contributed by atoms with Crippen LogP contribution in [0.4, 0.5) is 0 Å². The molecule has 0 bridgehead atoms. The van der Waals surface area contributed by atoms with Gasteiger partial charge in [0.25, 0.3) is 0 Å². The molecule has 0 spiro atoms. The first-order chi connectivity index (χ1) is 12.2. The minimum absolute atomic E-state index is 0.168. The van der Waals surface area contributed by atoms with E-state index in [2.05, 4.69) is 27.9 Å². The minimum Gasteiger partial charge on any atom is -0.396 e. The van der Waals surface area contributed by atoms with E-state index in [1.165, 1.54) is 25.7 Å². The van der Waals surface area contributed by atoms with Crippen LogP contribution in [0.25, 0.3) is 0 Å². The van der Waals surface area contributed by atoms with Gasteiger partial charge in [0.15, 0.2) is 5.96 Å². The standard InChI is InChI=1S/C19H38N4O2/c1-3-7-17(10-13-24)15-23-19(20-4-2)22-12-11-21-18(25)14-16-8-5-6-9-16/h16-17,24H,3-15H2,1-2H3,(H,21,25)(H2,20,22,23). The molecule has 1 aliphatic rings.